The molecule has 2 aliphatic carbocycles. The van der Waals surface area contributed by atoms with Gasteiger partial charge in [0, 0.05) is 24.2 Å². The Kier molecular flexibility index (Phi) is 7.01. The average Bonchev–Trinajstić information content (AvgIpc) is 2.84. The minimum atomic E-state index is -1.65. The molecule has 4 unspecified atom stereocenters. The molecule has 0 spiro atoms. The number of amides is 2. The molecule has 4 bridgehead atoms. The normalized spacial score (nSPS) is 31.8. The van der Waals surface area contributed by atoms with Crippen molar-refractivity contribution in [2.24, 2.45) is 11.8 Å². The van der Waals surface area contributed by atoms with Gasteiger partial charge in [-0.25, -0.2) is 9.59 Å². The van der Waals surface area contributed by atoms with Gasteiger partial charge in [0.05, 0.1) is 11.4 Å². The Morgan fingerprint density at radius 2 is 1.39 bits per heavy atom. The number of para-hydroxylation sites is 2. The number of carbonyl (C=O) groups excluding carboxylic acids is 2. The van der Waals surface area contributed by atoms with Gasteiger partial charge in [-0.3, -0.25) is 19.4 Å². The molecule has 4 fully saturated rings. The minimum Gasteiger partial charge on any atom is -0.474 e. The van der Waals surface area contributed by atoms with E-state index in [4.69, 9.17) is 5.11 Å². The lowest BCUT2D eigenvalue weighted by atomic mass is 9.68. The van der Waals surface area contributed by atoms with Gasteiger partial charge in [0.2, 0.25) is 0 Å². The third-order valence-corrected chi connectivity index (χ3v) is 8.90. The molecule has 1 aromatic carbocycles. The van der Waals surface area contributed by atoms with Gasteiger partial charge in [0.25, 0.3) is 0 Å². The smallest absolute Gasteiger partial charge is 0.394 e. The molecule has 1 aromatic rings. The van der Waals surface area contributed by atoms with Crippen LogP contribution in [0.25, 0.3) is 0 Å². The van der Waals surface area contributed by atoms with Gasteiger partial charge < -0.3 is 15.5 Å². The molecule has 9 heteroatoms. The second-order valence-corrected chi connectivity index (χ2v) is 11.1. The number of carboxylic acid groups (broad SMARTS) is 2. The van der Waals surface area contributed by atoms with E-state index in [1.54, 1.807) is 18.2 Å². The van der Waals surface area contributed by atoms with Crippen LogP contribution in [0.3, 0.4) is 0 Å². The summed E-state index contributed by atoms with van der Waals surface area (Å²) in [5, 5.41) is 21.0. The highest BCUT2D eigenvalue weighted by Crippen LogP contribution is 2.47. The summed E-state index contributed by atoms with van der Waals surface area (Å²) in [6.45, 7) is 0. The van der Waals surface area contributed by atoms with Crippen molar-refractivity contribution >= 4 is 35.1 Å². The van der Waals surface area contributed by atoms with E-state index < -0.39 is 23.8 Å². The fraction of sp³-hybridized carbons (Fsp3) is 0.630. The van der Waals surface area contributed by atoms with Crippen molar-refractivity contribution in [3.63, 3.8) is 0 Å². The summed E-state index contributed by atoms with van der Waals surface area (Å²) < 4.78 is 0. The topological polar surface area (TPSA) is 127 Å². The number of rotatable bonds is 4. The van der Waals surface area contributed by atoms with Crippen molar-refractivity contribution in [1.29, 1.82) is 0 Å². The molecule has 2 aliphatic heterocycles. The highest BCUT2D eigenvalue weighted by Gasteiger charge is 2.47. The van der Waals surface area contributed by atoms with Gasteiger partial charge in [-0.05, 0) is 68.9 Å². The molecule has 9 nitrogen and oxygen atoms in total. The number of nitrogens with one attached hydrogen (secondary N) is 1. The van der Waals surface area contributed by atoms with Gasteiger partial charge in [0.15, 0.2) is 0 Å². The van der Waals surface area contributed by atoms with Gasteiger partial charge >= 0.3 is 23.8 Å². The van der Waals surface area contributed by atoms with E-state index in [2.05, 4.69) is 10.2 Å². The van der Waals surface area contributed by atoms with Gasteiger partial charge in [0.1, 0.15) is 0 Å². The molecular formula is C27H35N3O6. The molecule has 4 atom stereocenters. The summed E-state index contributed by atoms with van der Waals surface area (Å²) in [5.74, 6) is -3.88. The van der Waals surface area contributed by atoms with E-state index in [1.165, 1.54) is 49.5 Å². The maximum Gasteiger partial charge on any atom is 0.394 e. The van der Waals surface area contributed by atoms with Crippen molar-refractivity contribution in [3.05, 3.63) is 24.3 Å². The Bertz CT molecular complexity index is 1020. The first-order valence-electron chi connectivity index (χ1n) is 13.3. The van der Waals surface area contributed by atoms with Crippen LogP contribution in [0.1, 0.15) is 70.6 Å². The van der Waals surface area contributed by atoms with Crippen molar-refractivity contribution in [2.45, 2.75) is 94.8 Å². The largest absolute Gasteiger partial charge is 0.474 e. The van der Waals surface area contributed by atoms with Crippen molar-refractivity contribution in [1.82, 2.24) is 4.90 Å². The first kappa shape index (κ1) is 24.7. The summed E-state index contributed by atoms with van der Waals surface area (Å²) >= 11 is 0. The molecule has 5 rings (SSSR count). The lowest BCUT2D eigenvalue weighted by Gasteiger charge is -2.56. The standard InChI is InChI=1S/C27H35N3O6/c31-24(26(33)34)28-22-9-1-2-10-23(22)30(25(32)27(35)36)21-14-18-7-4-8-19(15-21)29(18)20-12-16-5-3-6-17(11-16)13-20/h1-2,9-10,16-21H,3-8,11-15H2,(H,28,31)(H,33,34)(H,35,36). The van der Waals surface area contributed by atoms with E-state index in [0.29, 0.717) is 18.9 Å². The lowest BCUT2D eigenvalue weighted by molar-refractivity contribution is -0.149. The maximum absolute atomic E-state index is 13.0. The predicted octanol–water partition coefficient (Wildman–Crippen LogP) is 3.48. The first-order valence-corrected chi connectivity index (χ1v) is 13.3. The molecule has 0 aromatic heterocycles. The third-order valence-electron chi connectivity index (χ3n) is 8.90. The second kappa shape index (κ2) is 10.2. The first-order chi connectivity index (χ1) is 17.3. The fourth-order valence-corrected chi connectivity index (χ4v) is 7.68. The summed E-state index contributed by atoms with van der Waals surface area (Å²) in [5.41, 5.74) is 0.343. The number of benzene rings is 1. The van der Waals surface area contributed by atoms with Gasteiger partial charge in [-0.1, -0.05) is 37.8 Å². The van der Waals surface area contributed by atoms with Crippen LogP contribution >= 0.6 is 0 Å². The number of piperidine rings is 2. The fourth-order valence-electron chi connectivity index (χ4n) is 7.68. The van der Waals surface area contributed by atoms with Crippen LogP contribution in [0.15, 0.2) is 24.3 Å². The molecular weight excluding hydrogens is 462 g/mol. The van der Waals surface area contributed by atoms with E-state index in [1.807, 2.05) is 0 Å². The highest BCUT2D eigenvalue weighted by molar-refractivity contribution is 6.39. The van der Waals surface area contributed by atoms with Crippen LogP contribution in [0.2, 0.25) is 0 Å². The zero-order chi connectivity index (χ0) is 25.4. The van der Waals surface area contributed by atoms with Crippen molar-refractivity contribution in [3.8, 4) is 0 Å². The summed E-state index contributed by atoms with van der Waals surface area (Å²) in [7, 11) is 0. The molecule has 4 aliphatic rings. The van der Waals surface area contributed by atoms with E-state index in [9.17, 15) is 24.3 Å². The monoisotopic (exact) mass is 497 g/mol. The number of fused-ring (bicyclic) bond motifs is 4. The van der Waals surface area contributed by atoms with Crippen LogP contribution < -0.4 is 10.2 Å². The third kappa shape index (κ3) is 4.85. The highest BCUT2D eigenvalue weighted by atomic mass is 16.4. The quantitative estimate of drug-likeness (QED) is 0.544. The SMILES string of the molecule is O=C(O)C(=O)Nc1ccccc1N(C(=O)C(=O)O)C1CC2CCCC(C1)N2C1CC2CCCC(C2)C1. The predicted molar refractivity (Wildman–Crippen MR) is 133 cm³/mol. The number of carbonyl (C=O) groups is 4. The number of anilines is 2. The Hall–Kier alpha value is -2.94. The number of hydrogen-bond donors (Lipinski definition) is 3. The van der Waals surface area contributed by atoms with Crippen LogP contribution in [-0.2, 0) is 19.2 Å². The molecule has 2 amide bonds. The molecule has 2 saturated carbocycles. The summed E-state index contributed by atoms with van der Waals surface area (Å²) in [6.07, 6.45) is 12.4. The van der Waals surface area contributed by atoms with Crippen LogP contribution in [0.5, 0.6) is 0 Å². The number of hydrogen-bond acceptors (Lipinski definition) is 5. The lowest BCUT2D eigenvalue weighted by Crippen LogP contribution is -2.62. The maximum atomic E-state index is 13.0. The van der Waals surface area contributed by atoms with Crippen LogP contribution in [0.4, 0.5) is 11.4 Å². The molecule has 36 heavy (non-hydrogen) atoms. The van der Waals surface area contributed by atoms with E-state index in [-0.39, 0.29) is 29.5 Å². The molecule has 0 radical (unpaired) electrons. The van der Waals surface area contributed by atoms with Crippen molar-refractivity contribution < 1.29 is 29.4 Å². The van der Waals surface area contributed by atoms with E-state index >= 15 is 0 Å². The molecule has 3 N–H and O–H groups in total. The average molecular weight is 498 g/mol. The summed E-state index contributed by atoms with van der Waals surface area (Å²) in [6, 6.07) is 7.14. The number of aliphatic carboxylic acids is 2. The number of nitrogens with zero attached hydrogens (tertiary/aromatic N) is 2. The Labute approximate surface area is 210 Å². The zero-order valence-corrected chi connectivity index (χ0v) is 20.5. The second-order valence-electron chi connectivity index (χ2n) is 11.1. The van der Waals surface area contributed by atoms with Gasteiger partial charge in [-0.15, -0.1) is 0 Å². The Balaban J connectivity index is 1.42. The summed E-state index contributed by atoms with van der Waals surface area (Å²) in [4.78, 5) is 52.0. The molecule has 2 saturated heterocycles. The van der Waals surface area contributed by atoms with E-state index in [0.717, 1.165) is 31.1 Å². The van der Waals surface area contributed by atoms with Crippen molar-refractivity contribution in [2.75, 3.05) is 10.2 Å². The van der Waals surface area contributed by atoms with Gasteiger partial charge in [-0.2, -0.15) is 0 Å². The minimum absolute atomic E-state index is 0.118. The zero-order valence-electron chi connectivity index (χ0n) is 20.5. The van der Waals surface area contributed by atoms with Crippen LogP contribution in [-0.4, -0.2) is 63.0 Å². The molecule has 2 heterocycles. The molecule has 194 valence electrons. The Morgan fingerprint density at radius 3 is 2.00 bits per heavy atom. The number of carboxylic acids is 2. The Morgan fingerprint density at radius 1 is 0.778 bits per heavy atom. The van der Waals surface area contributed by atoms with Crippen LogP contribution in [0, 0.1) is 11.8 Å².